The van der Waals surface area contributed by atoms with Crippen molar-refractivity contribution >= 4 is 5.91 Å². The van der Waals surface area contributed by atoms with E-state index in [0.29, 0.717) is 12.1 Å². The maximum absolute atomic E-state index is 11.7. The molecule has 0 radical (unpaired) electrons. The van der Waals surface area contributed by atoms with Crippen LogP contribution in [-0.2, 0) is 6.42 Å². The lowest BCUT2D eigenvalue weighted by Gasteiger charge is -2.03. The van der Waals surface area contributed by atoms with E-state index >= 15 is 0 Å². The van der Waals surface area contributed by atoms with Gasteiger partial charge >= 0.3 is 0 Å². The number of amides is 1. The molecule has 2 aromatic rings. The zero-order chi connectivity index (χ0) is 12.1. The molecule has 17 heavy (non-hydrogen) atoms. The van der Waals surface area contributed by atoms with Crippen LogP contribution in [0.3, 0.4) is 0 Å². The monoisotopic (exact) mass is 233 g/mol. The lowest BCUT2D eigenvalue weighted by molar-refractivity contribution is 0.0952. The van der Waals surface area contributed by atoms with E-state index in [1.807, 2.05) is 6.92 Å². The average molecular weight is 233 g/mol. The first-order chi connectivity index (χ1) is 8.27. The summed E-state index contributed by atoms with van der Waals surface area (Å²) in [6.07, 6.45) is 6.75. The van der Waals surface area contributed by atoms with Crippen LogP contribution in [0, 0.1) is 6.92 Å². The van der Waals surface area contributed by atoms with E-state index in [9.17, 15) is 4.79 Å². The second-order valence-corrected chi connectivity index (χ2v) is 3.80. The van der Waals surface area contributed by atoms with Gasteiger partial charge in [0.2, 0.25) is 0 Å². The molecule has 0 spiro atoms. The van der Waals surface area contributed by atoms with Gasteiger partial charge in [0.05, 0.1) is 11.8 Å². The first kappa shape index (κ1) is 11.4. The van der Waals surface area contributed by atoms with Gasteiger partial charge in [-0.15, -0.1) is 0 Å². The third-order valence-corrected chi connectivity index (χ3v) is 2.51. The molecular formula is C11H15N5O. The minimum absolute atomic E-state index is 0.0873. The summed E-state index contributed by atoms with van der Waals surface area (Å²) < 4.78 is 0. The summed E-state index contributed by atoms with van der Waals surface area (Å²) in [6, 6.07) is 0. The molecule has 0 aliphatic rings. The molecule has 1 amide bonds. The number of aryl methyl sites for hydroxylation is 2. The molecule has 3 N–H and O–H groups in total. The van der Waals surface area contributed by atoms with Crippen LogP contribution in [0.4, 0.5) is 0 Å². The third-order valence-electron chi connectivity index (χ3n) is 2.51. The topological polar surface area (TPSA) is 86.5 Å². The second-order valence-electron chi connectivity index (χ2n) is 3.80. The van der Waals surface area contributed by atoms with Crippen LogP contribution in [0.5, 0.6) is 0 Å². The SMILES string of the molecule is Cc1[nH]ncc1C(=O)NCCCc1ncc[nH]1. The number of aromatic amines is 2. The highest BCUT2D eigenvalue weighted by Gasteiger charge is 2.09. The number of aromatic nitrogens is 4. The van der Waals surface area contributed by atoms with Crippen molar-refractivity contribution in [2.45, 2.75) is 19.8 Å². The standard InChI is InChI=1S/C11H15N5O/c1-8-9(7-15-16-8)11(17)14-4-2-3-10-12-5-6-13-10/h5-7H,2-4H2,1H3,(H,12,13)(H,14,17)(H,15,16). The van der Waals surface area contributed by atoms with Crippen molar-refractivity contribution < 1.29 is 4.79 Å². The lowest BCUT2D eigenvalue weighted by Crippen LogP contribution is -2.25. The van der Waals surface area contributed by atoms with Gasteiger partial charge in [0.1, 0.15) is 5.82 Å². The van der Waals surface area contributed by atoms with Gasteiger partial charge in [-0.2, -0.15) is 5.10 Å². The fourth-order valence-electron chi connectivity index (χ4n) is 1.57. The lowest BCUT2D eigenvalue weighted by atomic mass is 10.2. The first-order valence-corrected chi connectivity index (χ1v) is 5.54. The van der Waals surface area contributed by atoms with Crippen LogP contribution < -0.4 is 5.32 Å². The van der Waals surface area contributed by atoms with Crippen molar-refractivity contribution in [1.29, 1.82) is 0 Å². The summed E-state index contributed by atoms with van der Waals surface area (Å²) in [5, 5.41) is 9.40. The van der Waals surface area contributed by atoms with Crippen LogP contribution in [0.1, 0.15) is 28.3 Å². The maximum Gasteiger partial charge on any atom is 0.254 e. The van der Waals surface area contributed by atoms with Gasteiger partial charge in [0.15, 0.2) is 0 Å². The molecule has 6 heteroatoms. The van der Waals surface area contributed by atoms with E-state index < -0.39 is 0 Å². The highest BCUT2D eigenvalue weighted by Crippen LogP contribution is 2.02. The van der Waals surface area contributed by atoms with Crippen molar-refractivity contribution in [2.24, 2.45) is 0 Å². The van der Waals surface area contributed by atoms with Crippen molar-refractivity contribution in [3.8, 4) is 0 Å². The van der Waals surface area contributed by atoms with E-state index in [1.54, 1.807) is 12.4 Å². The minimum Gasteiger partial charge on any atom is -0.352 e. The molecule has 2 heterocycles. The summed E-state index contributed by atoms with van der Waals surface area (Å²) in [4.78, 5) is 18.8. The summed E-state index contributed by atoms with van der Waals surface area (Å²) in [5.74, 6) is 0.856. The van der Waals surface area contributed by atoms with Gasteiger partial charge in [-0.05, 0) is 13.3 Å². The maximum atomic E-state index is 11.7. The number of hydrogen-bond donors (Lipinski definition) is 3. The van der Waals surface area contributed by atoms with E-state index in [2.05, 4.69) is 25.5 Å². The molecule has 0 unspecified atom stereocenters. The van der Waals surface area contributed by atoms with Gasteiger partial charge in [0.25, 0.3) is 5.91 Å². The van der Waals surface area contributed by atoms with Gasteiger partial charge in [-0.1, -0.05) is 0 Å². The molecule has 0 aliphatic carbocycles. The zero-order valence-electron chi connectivity index (χ0n) is 9.66. The summed E-state index contributed by atoms with van der Waals surface area (Å²) >= 11 is 0. The number of H-pyrrole nitrogens is 2. The molecule has 0 bridgehead atoms. The number of nitrogens with zero attached hydrogens (tertiary/aromatic N) is 2. The van der Waals surface area contributed by atoms with E-state index in [0.717, 1.165) is 24.4 Å². The van der Waals surface area contributed by atoms with Crippen LogP contribution in [0.15, 0.2) is 18.6 Å². The van der Waals surface area contributed by atoms with Gasteiger partial charge in [-0.3, -0.25) is 9.89 Å². The highest BCUT2D eigenvalue weighted by atomic mass is 16.1. The molecule has 2 rings (SSSR count). The van der Waals surface area contributed by atoms with Crippen LogP contribution in [0.2, 0.25) is 0 Å². The first-order valence-electron chi connectivity index (χ1n) is 5.54. The Morgan fingerprint density at radius 3 is 3.06 bits per heavy atom. The van der Waals surface area contributed by atoms with Crippen molar-refractivity contribution in [3.63, 3.8) is 0 Å². The largest absolute Gasteiger partial charge is 0.352 e. The van der Waals surface area contributed by atoms with E-state index in [1.165, 1.54) is 6.20 Å². The molecule has 0 saturated heterocycles. The Kier molecular flexibility index (Phi) is 3.54. The van der Waals surface area contributed by atoms with Gasteiger partial charge in [-0.25, -0.2) is 4.98 Å². The molecule has 6 nitrogen and oxygen atoms in total. The number of carbonyl (C=O) groups excluding carboxylic acids is 1. The van der Waals surface area contributed by atoms with Crippen molar-refractivity contribution in [1.82, 2.24) is 25.5 Å². The molecule has 0 fully saturated rings. The summed E-state index contributed by atoms with van der Waals surface area (Å²) in [5.41, 5.74) is 1.39. The minimum atomic E-state index is -0.0873. The average Bonchev–Trinajstić information content (AvgIpc) is 2.95. The number of imidazole rings is 1. The molecule has 0 aliphatic heterocycles. The van der Waals surface area contributed by atoms with E-state index in [4.69, 9.17) is 0 Å². The third kappa shape index (κ3) is 2.93. The van der Waals surface area contributed by atoms with Crippen molar-refractivity contribution in [3.05, 3.63) is 35.7 Å². The fourth-order valence-corrected chi connectivity index (χ4v) is 1.57. The van der Waals surface area contributed by atoms with Crippen LogP contribution in [-0.4, -0.2) is 32.6 Å². The molecule has 0 atom stereocenters. The predicted molar refractivity (Wildman–Crippen MR) is 62.6 cm³/mol. The highest BCUT2D eigenvalue weighted by molar-refractivity contribution is 5.94. The fraction of sp³-hybridized carbons (Fsp3) is 0.364. The normalized spacial score (nSPS) is 10.4. The Morgan fingerprint density at radius 1 is 1.53 bits per heavy atom. The number of carbonyl (C=O) groups is 1. The Bertz CT molecular complexity index is 474. The Labute approximate surface area is 98.9 Å². The van der Waals surface area contributed by atoms with Crippen LogP contribution >= 0.6 is 0 Å². The number of rotatable bonds is 5. The summed E-state index contributed by atoms with van der Waals surface area (Å²) in [7, 11) is 0. The molecular weight excluding hydrogens is 218 g/mol. The molecule has 0 saturated carbocycles. The quantitative estimate of drug-likeness (QED) is 0.668. The Balaban J connectivity index is 1.72. The molecule has 90 valence electrons. The number of hydrogen-bond acceptors (Lipinski definition) is 3. The Hall–Kier alpha value is -2.11. The molecule has 0 aromatic carbocycles. The smallest absolute Gasteiger partial charge is 0.254 e. The van der Waals surface area contributed by atoms with Gasteiger partial charge in [0, 0.05) is 31.1 Å². The predicted octanol–water partition coefficient (Wildman–Crippen LogP) is 0.804. The summed E-state index contributed by atoms with van der Waals surface area (Å²) in [6.45, 7) is 2.45. The second kappa shape index (κ2) is 5.29. The van der Waals surface area contributed by atoms with Gasteiger partial charge < -0.3 is 10.3 Å². The molecule has 2 aromatic heterocycles. The number of nitrogens with one attached hydrogen (secondary N) is 3. The van der Waals surface area contributed by atoms with Crippen LogP contribution in [0.25, 0.3) is 0 Å². The Morgan fingerprint density at radius 2 is 2.41 bits per heavy atom. The van der Waals surface area contributed by atoms with E-state index in [-0.39, 0.29) is 5.91 Å². The zero-order valence-corrected chi connectivity index (χ0v) is 9.66. The van der Waals surface area contributed by atoms with Crippen molar-refractivity contribution in [2.75, 3.05) is 6.54 Å².